The fraction of sp³-hybridized carbons (Fsp3) is 0. The summed E-state index contributed by atoms with van der Waals surface area (Å²) in [5, 5.41) is 12.6. The molecule has 3 heteroatoms. The Morgan fingerprint density at radius 1 is 0.225 bits per heavy atom. The van der Waals surface area contributed by atoms with Gasteiger partial charge in [0.05, 0.1) is 11.4 Å². The minimum atomic E-state index is 0.668. The van der Waals surface area contributed by atoms with Crippen molar-refractivity contribution >= 4 is 74.6 Å². The number of benzene rings is 12. The summed E-state index contributed by atoms with van der Waals surface area (Å²) >= 11 is 1.89. The molecular formula is C68H42N2S. The van der Waals surface area contributed by atoms with Crippen molar-refractivity contribution in [3.63, 3.8) is 0 Å². The average Bonchev–Trinajstić information content (AvgIpc) is 3.82. The Kier molecular flexibility index (Phi) is 9.75. The van der Waals surface area contributed by atoms with Crippen LogP contribution < -0.4 is 0 Å². The summed E-state index contributed by atoms with van der Waals surface area (Å²) in [4.78, 5) is 11.1. The Hall–Kier alpha value is -9.02. The Bertz CT molecular complexity index is 4110. The molecule has 330 valence electrons. The first kappa shape index (κ1) is 41.0. The minimum Gasteiger partial charge on any atom is -0.228 e. The van der Waals surface area contributed by atoms with Gasteiger partial charge in [0.15, 0.2) is 5.82 Å². The van der Waals surface area contributed by atoms with Crippen LogP contribution in [0.3, 0.4) is 0 Å². The Labute approximate surface area is 415 Å². The third-order valence-corrected chi connectivity index (χ3v) is 15.3. The lowest BCUT2D eigenvalue weighted by Gasteiger charge is -2.16. The van der Waals surface area contributed by atoms with Crippen molar-refractivity contribution in [2.75, 3.05) is 0 Å². The van der Waals surface area contributed by atoms with Crippen molar-refractivity contribution in [1.29, 1.82) is 0 Å². The van der Waals surface area contributed by atoms with Crippen LogP contribution in [0.1, 0.15) is 0 Å². The maximum Gasteiger partial charge on any atom is 0.160 e. The van der Waals surface area contributed by atoms with Gasteiger partial charge in [-0.05, 0) is 154 Å². The van der Waals surface area contributed by atoms with E-state index >= 15 is 0 Å². The largest absolute Gasteiger partial charge is 0.228 e. The van der Waals surface area contributed by atoms with Gasteiger partial charge in [0.1, 0.15) is 0 Å². The van der Waals surface area contributed by atoms with E-state index in [9.17, 15) is 0 Å². The van der Waals surface area contributed by atoms with E-state index in [-0.39, 0.29) is 0 Å². The molecule has 2 nitrogen and oxygen atoms in total. The van der Waals surface area contributed by atoms with E-state index in [0.717, 1.165) is 72.6 Å². The van der Waals surface area contributed by atoms with E-state index in [1.165, 1.54) is 63.3 Å². The molecule has 0 saturated carbocycles. The van der Waals surface area contributed by atoms with Crippen molar-refractivity contribution < 1.29 is 0 Å². The molecule has 0 atom stereocenters. The van der Waals surface area contributed by atoms with E-state index in [1.807, 2.05) is 11.3 Å². The van der Waals surface area contributed by atoms with E-state index < -0.39 is 0 Å². The summed E-state index contributed by atoms with van der Waals surface area (Å²) in [6, 6.07) is 92.4. The molecule has 0 radical (unpaired) electrons. The predicted molar refractivity (Wildman–Crippen MR) is 303 cm³/mol. The van der Waals surface area contributed by atoms with Crippen LogP contribution in [0, 0.1) is 0 Å². The highest BCUT2D eigenvalue weighted by molar-refractivity contribution is 7.26. The Morgan fingerprint density at radius 2 is 0.662 bits per heavy atom. The molecule has 2 aromatic heterocycles. The van der Waals surface area contributed by atoms with Crippen LogP contribution in [0.2, 0.25) is 0 Å². The van der Waals surface area contributed by atoms with Gasteiger partial charge in [-0.2, -0.15) is 0 Å². The van der Waals surface area contributed by atoms with Crippen LogP contribution in [0.4, 0.5) is 0 Å². The zero-order valence-electron chi connectivity index (χ0n) is 38.6. The summed E-state index contributed by atoms with van der Waals surface area (Å²) in [6.07, 6.45) is 0. The summed E-state index contributed by atoms with van der Waals surface area (Å²) in [6.45, 7) is 0. The molecule has 0 spiro atoms. The monoisotopic (exact) mass is 918 g/mol. The van der Waals surface area contributed by atoms with Gasteiger partial charge in [0.25, 0.3) is 0 Å². The normalized spacial score (nSPS) is 11.7. The van der Waals surface area contributed by atoms with Gasteiger partial charge in [-0.25, -0.2) is 9.97 Å². The van der Waals surface area contributed by atoms with Crippen molar-refractivity contribution in [3.05, 3.63) is 255 Å². The lowest BCUT2D eigenvalue weighted by Crippen LogP contribution is -1.98. The second-order valence-electron chi connectivity index (χ2n) is 18.5. The number of rotatable bonds is 7. The van der Waals surface area contributed by atoms with E-state index in [2.05, 4.69) is 255 Å². The molecule has 0 amide bonds. The molecule has 0 unspecified atom stereocenters. The second-order valence-corrected chi connectivity index (χ2v) is 19.6. The summed E-state index contributed by atoms with van der Waals surface area (Å²) in [5.74, 6) is 0.668. The lowest BCUT2D eigenvalue weighted by atomic mass is 9.90. The van der Waals surface area contributed by atoms with Crippen molar-refractivity contribution in [2.24, 2.45) is 0 Å². The third-order valence-electron chi connectivity index (χ3n) is 14.2. The number of hydrogen-bond acceptors (Lipinski definition) is 3. The molecule has 12 aromatic carbocycles. The fourth-order valence-corrected chi connectivity index (χ4v) is 11.9. The molecular weight excluding hydrogens is 877 g/mol. The quantitative estimate of drug-likeness (QED) is 0.149. The molecule has 14 rings (SSSR count). The van der Waals surface area contributed by atoms with Gasteiger partial charge in [-0.3, -0.25) is 0 Å². The molecule has 71 heavy (non-hydrogen) atoms. The number of thiophene rings is 1. The van der Waals surface area contributed by atoms with Crippen LogP contribution in [0.5, 0.6) is 0 Å². The maximum atomic E-state index is 5.58. The topological polar surface area (TPSA) is 25.8 Å². The SMILES string of the molecule is c1ccc(-c2cc(-c3ccccc3)cc(-c3cc(-c4ccc5c(c4)c4ccccc4c4ccc6sc7cc8ccccc8cc7c6c45)nc(-c4cc(-c5ccccc5)cc(-c5ccccc5)c4)n3)c2)cc1. The van der Waals surface area contributed by atoms with Crippen LogP contribution in [-0.2, 0) is 0 Å². The van der Waals surface area contributed by atoms with Gasteiger partial charge in [-0.1, -0.05) is 188 Å². The standard InChI is InChI=1S/C68H42N2S/c1-5-17-43(18-6-1)50-33-51(44-19-7-2-8-20-44)36-54(35-50)63-42-62(69-68(70-63)55-37-52(45-21-9-3-10-22-45)34-53(38-55)46-23-11-4-12-24-46)49-29-30-59-60(40-49)57-28-16-15-27-56(57)58-31-32-64-67(66(58)59)61-39-47-25-13-14-26-48(47)41-65(61)71-64/h1-42H. The molecule has 0 saturated heterocycles. The zero-order chi connectivity index (χ0) is 46.8. The van der Waals surface area contributed by atoms with Gasteiger partial charge in [-0.15, -0.1) is 11.3 Å². The highest BCUT2D eigenvalue weighted by Gasteiger charge is 2.19. The Morgan fingerprint density at radius 3 is 1.23 bits per heavy atom. The van der Waals surface area contributed by atoms with Gasteiger partial charge >= 0.3 is 0 Å². The first-order chi connectivity index (χ1) is 35.1. The van der Waals surface area contributed by atoms with E-state index in [0.29, 0.717) is 5.82 Å². The molecule has 2 heterocycles. The minimum absolute atomic E-state index is 0.668. The molecule has 0 N–H and O–H groups in total. The highest BCUT2D eigenvalue weighted by Crippen LogP contribution is 2.46. The van der Waals surface area contributed by atoms with Crippen LogP contribution in [0.15, 0.2) is 255 Å². The highest BCUT2D eigenvalue weighted by atomic mass is 32.1. The van der Waals surface area contributed by atoms with Crippen LogP contribution in [-0.4, -0.2) is 9.97 Å². The van der Waals surface area contributed by atoms with Gasteiger partial charge in [0.2, 0.25) is 0 Å². The van der Waals surface area contributed by atoms with Crippen LogP contribution >= 0.6 is 11.3 Å². The molecule has 0 aliphatic carbocycles. The summed E-state index contributed by atoms with van der Waals surface area (Å²) in [7, 11) is 0. The first-order valence-electron chi connectivity index (χ1n) is 24.2. The maximum absolute atomic E-state index is 5.58. The third kappa shape index (κ3) is 7.26. The Balaban J connectivity index is 1.04. The fourth-order valence-electron chi connectivity index (χ4n) is 10.7. The molecule has 14 aromatic rings. The van der Waals surface area contributed by atoms with Crippen molar-refractivity contribution in [2.45, 2.75) is 0 Å². The molecule has 0 aliphatic heterocycles. The smallest absolute Gasteiger partial charge is 0.160 e. The van der Waals surface area contributed by atoms with Crippen LogP contribution in [0.25, 0.3) is 142 Å². The van der Waals surface area contributed by atoms with E-state index in [4.69, 9.17) is 9.97 Å². The number of nitrogens with zero attached hydrogens (tertiary/aromatic N) is 2. The lowest BCUT2D eigenvalue weighted by molar-refractivity contribution is 1.18. The van der Waals surface area contributed by atoms with Crippen molar-refractivity contribution in [1.82, 2.24) is 9.97 Å². The number of hydrogen-bond donors (Lipinski definition) is 0. The second kappa shape index (κ2) is 16.9. The van der Waals surface area contributed by atoms with E-state index in [1.54, 1.807) is 0 Å². The van der Waals surface area contributed by atoms with Gasteiger partial charge in [0, 0.05) is 36.9 Å². The number of fused-ring (bicyclic) bond motifs is 11. The van der Waals surface area contributed by atoms with Crippen molar-refractivity contribution in [3.8, 4) is 78.4 Å². The molecule has 0 aliphatic rings. The molecule has 0 fully saturated rings. The first-order valence-corrected chi connectivity index (χ1v) is 25.0. The predicted octanol–water partition coefficient (Wildman–Crippen LogP) is 19.1. The summed E-state index contributed by atoms with van der Waals surface area (Å²) in [5.41, 5.74) is 13.8. The number of aromatic nitrogens is 2. The zero-order valence-corrected chi connectivity index (χ0v) is 39.4. The molecule has 0 bridgehead atoms. The van der Waals surface area contributed by atoms with Gasteiger partial charge < -0.3 is 0 Å². The average molecular weight is 919 g/mol. The summed E-state index contributed by atoms with van der Waals surface area (Å²) < 4.78 is 2.61.